The van der Waals surface area contributed by atoms with Crippen LogP contribution < -0.4 is 5.73 Å². The van der Waals surface area contributed by atoms with Crippen LogP contribution in [0.3, 0.4) is 0 Å². The molecule has 0 saturated heterocycles. The van der Waals surface area contributed by atoms with Crippen molar-refractivity contribution in [3.8, 4) is 0 Å². The van der Waals surface area contributed by atoms with Crippen LogP contribution in [0.25, 0.3) is 0 Å². The van der Waals surface area contributed by atoms with Gasteiger partial charge in [0.15, 0.2) is 0 Å². The maximum absolute atomic E-state index is 5.07. The number of hydrogen-bond donors (Lipinski definition) is 1. The quantitative estimate of drug-likeness (QED) is 0.207. The highest BCUT2D eigenvalue weighted by molar-refractivity contribution is 5.18. The average Bonchev–Trinajstić information content (AvgIpc) is 2.90. The van der Waals surface area contributed by atoms with Gasteiger partial charge in [0.25, 0.3) is 0 Å². The highest BCUT2D eigenvalue weighted by atomic mass is 14.5. The molecule has 0 radical (unpaired) electrons. The first-order chi connectivity index (χ1) is 17.7. The van der Waals surface area contributed by atoms with E-state index in [1.807, 2.05) is 52.8 Å². The van der Waals surface area contributed by atoms with Crippen LogP contribution in [0.15, 0.2) is 73.4 Å². The highest BCUT2D eigenvalue weighted by Crippen LogP contribution is 2.36. The van der Waals surface area contributed by atoms with Crippen molar-refractivity contribution < 1.29 is 0 Å². The monoisotopic (exact) mass is 534 g/mol. The minimum absolute atomic E-state index is 0.171. The molecule has 2 N–H and O–H groups in total. The normalized spacial score (nSPS) is 11.2. The Kier molecular flexibility index (Phi) is 46.0. The molecule has 0 amide bonds. The van der Waals surface area contributed by atoms with E-state index in [0.717, 1.165) is 5.57 Å². The first-order valence-electron chi connectivity index (χ1n) is 15.2. The summed E-state index contributed by atoms with van der Waals surface area (Å²) in [6.07, 6.45) is 17.9. The van der Waals surface area contributed by atoms with Crippen LogP contribution in [0.4, 0.5) is 0 Å². The van der Waals surface area contributed by atoms with E-state index in [0.29, 0.717) is 17.9 Å². The van der Waals surface area contributed by atoms with Crippen molar-refractivity contribution >= 4 is 0 Å². The van der Waals surface area contributed by atoms with Crippen LogP contribution >= 0.6 is 0 Å². The van der Waals surface area contributed by atoms with Gasteiger partial charge in [0.1, 0.15) is 0 Å². The van der Waals surface area contributed by atoms with E-state index in [-0.39, 0.29) is 5.41 Å². The topological polar surface area (TPSA) is 26.0 Å². The van der Waals surface area contributed by atoms with Gasteiger partial charge in [-0.3, -0.25) is 0 Å². The third kappa shape index (κ3) is 34.4. The molecule has 0 aliphatic heterocycles. The largest absolute Gasteiger partial charge is 0.327 e. The van der Waals surface area contributed by atoms with Crippen LogP contribution in [0.2, 0.25) is 0 Å². The summed E-state index contributed by atoms with van der Waals surface area (Å²) in [5.41, 5.74) is 9.31. The molecule has 1 atom stereocenters. The Morgan fingerprint density at radius 3 is 1.42 bits per heavy atom. The summed E-state index contributed by atoms with van der Waals surface area (Å²) < 4.78 is 0. The number of allylic oxidation sites excluding steroid dienone is 7. The average molecular weight is 534 g/mol. The van der Waals surface area contributed by atoms with E-state index in [2.05, 4.69) is 108 Å². The van der Waals surface area contributed by atoms with E-state index in [4.69, 9.17) is 5.73 Å². The zero-order chi connectivity index (χ0) is 31.8. The molecule has 0 aromatic rings. The molecule has 0 aliphatic rings. The zero-order valence-electron chi connectivity index (χ0n) is 29.3. The second kappa shape index (κ2) is 35.4. The highest BCUT2D eigenvalue weighted by Gasteiger charge is 2.24. The molecule has 1 nitrogen and oxygen atoms in total. The van der Waals surface area contributed by atoms with Gasteiger partial charge in [-0.2, -0.15) is 0 Å². The SMILES string of the molecule is C/C=C/C.C=C(C)CN.C=C/C(C)=C\C(C)C(C)(C)C(=C)C.C=CCC(CC)(CC)CCC.CC.CCC. The smallest absolute Gasteiger partial charge is 0.0131 e. The summed E-state index contributed by atoms with van der Waals surface area (Å²) in [4.78, 5) is 0. The molecular weight excluding hydrogens is 458 g/mol. The summed E-state index contributed by atoms with van der Waals surface area (Å²) in [5.74, 6) is 0.503. The predicted molar refractivity (Wildman–Crippen MR) is 186 cm³/mol. The molecule has 0 spiro atoms. The van der Waals surface area contributed by atoms with Gasteiger partial charge in [-0.15, -0.1) is 6.58 Å². The van der Waals surface area contributed by atoms with E-state index in [1.165, 1.54) is 49.7 Å². The van der Waals surface area contributed by atoms with Crippen LogP contribution in [0, 0.1) is 16.7 Å². The second-order valence-electron chi connectivity index (χ2n) is 10.4. The van der Waals surface area contributed by atoms with Crippen molar-refractivity contribution in [2.24, 2.45) is 22.5 Å². The van der Waals surface area contributed by atoms with Crippen LogP contribution in [0.5, 0.6) is 0 Å². The van der Waals surface area contributed by atoms with Crippen molar-refractivity contribution in [1.82, 2.24) is 0 Å². The maximum Gasteiger partial charge on any atom is 0.0131 e. The van der Waals surface area contributed by atoms with Gasteiger partial charge in [0.05, 0.1) is 0 Å². The van der Waals surface area contributed by atoms with E-state index in [9.17, 15) is 0 Å². The van der Waals surface area contributed by atoms with Crippen LogP contribution in [0.1, 0.15) is 142 Å². The third-order valence-electron chi connectivity index (χ3n) is 6.61. The van der Waals surface area contributed by atoms with Crippen molar-refractivity contribution in [1.29, 1.82) is 0 Å². The Labute approximate surface area is 244 Å². The van der Waals surface area contributed by atoms with Crippen LogP contribution in [-0.4, -0.2) is 6.54 Å². The summed E-state index contributed by atoms with van der Waals surface area (Å²) in [7, 11) is 0. The lowest BCUT2D eigenvalue weighted by Gasteiger charge is -2.30. The van der Waals surface area contributed by atoms with Gasteiger partial charge in [-0.05, 0) is 64.2 Å². The zero-order valence-corrected chi connectivity index (χ0v) is 29.3. The fourth-order valence-electron chi connectivity index (χ4n) is 2.89. The molecule has 0 rings (SSSR count). The Morgan fingerprint density at radius 1 is 0.868 bits per heavy atom. The first-order valence-corrected chi connectivity index (χ1v) is 15.2. The summed E-state index contributed by atoms with van der Waals surface area (Å²) in [6.45, 7) is 47.6. The fraction of sp³-hybridized carbons (Fsp3) is 0.676. The predicted octanol–water partition coefficient (Wildman–Crippen LogP) is 13.1. The Morgan fingerprint density at radius 2 is 1.24 bits per heavy atom. The molecule has 0 aliphatic carbocycles. The molecule has 0 fully saturated rings. The van der Waals surface area contributed by atoms with Gasteiger partial charge in [-0.25, -0.2) is 0 Å². The lowest BCUT2D eigenvalue weighted by molar-refractivity contribution is 0.240. The lowest BCUT2D eigenvalue weighted by atomic mass is 9.74. The van der Waals surface area contributed by atoms with Gasteiger partial charge in [-0.1, -0.05) is 162 Å². The van der Waals surface area contributed by atoms with E-state index in [1.54, 1.807) is 0 Å². The molecule has 0 heterocycles. The molecule has 38 heavy (non-hydrogen) atoms. The molecule has 228 valence electrons. The second-order valence-corrected chi connectivity index (χ2v) is 10.4. The van der Waals surface area contributed by atoms with Gasteiger partial charge in [0.2, 0.25) is 0 Å². The Hall–Kier alpha value is -1.60. The lowest BCUT2D eigenvalue weighted by Crippen LogP contribution is -2.21. The molecule has 0 saturated carbocycles. The summed E-state index contributed by atoms with van der Waals surface area (Å²) in [6, 6.07) is 0. The summed E-state index contributed by atoms with van der Waals surface area (Å²) >= 11 is 0. The minimum Gasteiger partial charge on any atom is -0.327 e. The van der Waals surface area contributed by atoms with Crippen molar-refractivity contribution in [2.45, 2.75) is 142 Å². The number of nitrogens with two attached hydrogens (primary N) is 1. The molecule has 1 heteroatoms. The van der Waals surface area contributed by atoms with E-state index < -0.39 is 0 Å². The molecule has 0 aromatic heterocycles. The van der Waals surface area contributed by atoms with Gasteiger partial charge >= 0.3 is 0 Å². The molecule has 0 bridgehead atoms. The Bertz CT molecular complexity index is 578. The first kappa shape index (κ1) is 49.4. The van der Waals surface area contributed by atoms with E-state index >= 15 is 0 Å². The maximum atomic E-state index is 5.07. The third-order valence-corrected chi connectivity index (χ3v) is 6.61. The van der Waals surface area contributed by atoms with Gasteiger partial charge in [0, 0.05) is 6.54 Å². The van der Waals surface area contributed by atoms with Crippen LogP contribution in [-0.2, 0) is 0 Å². The number of rotatable bonds is 11. The fourth-order valence-corrected chi connectivity index (χ4v) is 2.89. The van der Waals surface area contributed by atoms with Crippen molar-refractivity contribution in [2.75, 3.05) is 6.54 Å². The Balaban J connectivity index is -0.0000000916. The van der Waals surface area contributed by atoms with Crippen molar-refractivity contribution in [3.05, 3.63) is 73.4 Å². The minimum atomic E-state index is 0.171. The molecular formula is C37H75N. The molecule has 1 unspecified atom stereocenters. The summed E-state index contributed by atoms with van der Waals surface area (Å²) in [5, 5.41) is 0. The van der Waals surface area contributed by atoms with Crippen molar-refractivity contribution in [3.63, 3.8) is 0 Å². The van der Waals surface area contributed by atoms with Gasteiger partial charge < -0.3 is 5.73 Å². The standard InChI is InChI=1S/C13H22.C11H22.C4H9N.C4H8.C3H8.C2H6/c1-8-11(4)9-12(5)13(6,7)10(2)3;1-5-9-11(7-3,8-4)10-6-2;1-4(2)3-5;1-3-4-2;1-3-2;1-2/h8-9,12H,1-2H2,3-7H3;5H,1,6-10H2,2-4H3;1,3,5H2,2H3;3-4H,1-2H3;3H2,1-2H3;1-2H3/b11-9-;;;4-3+;;. The number of hydrogen-bond acceptors (Lipinski definition) is 1. The molecule has 0 aromatic carbocycles.